The molecule has 2 aromatic rings. The zero-order valence-corrected chi connectivity index (χ0v) is 16.6. The molecule has 5 nitrogen and oxygen atoms in total. The minimum atomic E-state index is 0. The van der Waals surface area contributed by atoms with E-state index in [0.29, 0.717) is 0 Å². The van der Waals surface area contributed by atoms with Gasteiger partial charge >= 0.3 is 0 Å². The minimum absolute atomic E-state index is 0. The summed E-state index contributed by atoms with van der Waals surface area (Å²) in [5.41, 5.74) is 1.16. The van der Waals surface area contributed by atoms with Crippen LogP contribution in [0.1, 0.15) is 13.3 Å². The summed E-state index contributed by atoms with van der Waals surface area (Å²) in [6.07, 6.45) is 5.14. The Kier molecular flexibility index (Phi) is 10.8. The molecular formula is C18H28IN5. The van der Waals surface area contributed by atoms with Gasteiger partial charge in [0.1, 0.15) is 0 Å². The zero-order valence-electron chi connectivity index (χ0n) is 14.2. The molecule has 1 heterocycles. The Balaban J connectivity index is 0.00000288. The molecule has 0 radical (unpaired) electrons. The lowest BCUT2D eigenvalue weighted by atomic mass is 10.3. The number of nitrogens with zero attached hydrogens (tertiary/aromatic N) is 2. The van der Waals surface area contributed by atoms with Crippen LogP contribution in [0.5, 0.6) is 0 Å². The first-order valence-corrected chi connectivity index (χ1v) is 8.30. The van der Waals surface area contributed by atoms with Gasteiger partial charge in [-0.05, 0) is 37.6 Å². The lowest BCUT2D eigenvalue weighted by Crippen LogP contribution is -2.39. The fourth-order valence-electron chi connectivity index (χ4n) is 2.22. The van der Waals surface area contributed by atoms with Crippen molar-refractivity contribution < 1.29 is 0 Å². The maximum Gasteiger partial charge on any atom is 0.191 e. The molecule has 2 rings (SSSR count). The number of halogens is 1. The van der Waals surface area contributed by atoms with Gasteiger partial charge in [-0.3, -0.25) is 4.99 Å². The van der Waals surface area contributed by atoms with Crippen LogP contribution in [0.2, 0.25) is 0 Å². The second kappa shape index (κ2) is 12.7. The average Bonchev–Trinajstić information content (AvgIpc) is 3.09. The van der Waals surface area contributed by atoms with Gasteiger partial charge in [0.2, 0.25) is 0 Å². The molecule has 0 bridgehead atoms. The molecule has 132 valence electrons. The first-order chi connectivity index (χ1) is 11.4. The topological polar surface area (TPSA) is 53.4 Å². The number of para-hydroxylation sites is 1. The van der Waals surface area contributed by atoms with E-state index in [4.69, 9.17) is 0 Å². The molecule has 1 aromatic heterocycles. The van der Waals surface area contributed by atoms with Crippen molar-refractivity contribution in [1.82, 2.24) is 15.2 Å². The molecule has 0 saturated carbocycles. The number of rotatable bonds is 9. The van der Waals surface area contributed by atoms with E-state index in [-0.39, 0.29) is 24.0 Å². The summed E-state index contributed by atoms with van der Waals surface area (Å²) in [4.78, 5) is 4.61. The number of guanidine groups is 1. The first-order valence-electron chi connectivity index (χ1n) is 8.30. The molecule has 0 unspecified atom stereocenters. The van der Waals surface area contributed by atoms with Crippen molar-refractivity contribution in [1.29, 1.82) is 0 Å². The van der Waals surface area contributed by atoms with Gasteiger partial charge in [-0.25, -0.2) is 0 Å². The molecule has 24 heavy (non-hydrogen) atoms. The van der Waals surface area contributed by atoms with Crippen LogP contribution in [0.3, 0.4) is 0 Å². The molecule has 0 amide bonds. The van der Waals surface area contributed by atoms with E-state index >= 15 is 0 Å². The van der Waals surface area contributed by atoms with Gasteiger partial charge in [0, 0.05) is 50.8 Å². The van der Waals surface area contributed by atoms with Crippen molar-refractivity contribution in [2.45, 2.75) is 19.9 Å². The first kappa shape index (κ1) is 20.3. The van der Waals surface area contributed by atoms with Crippen LogP contribution in [0.25, 0.3) is 0 Å². The van der Waals surface area contributed by atoms with Gasteiger partial charge in [0.05, 0.1) is 0 Å². The third kappa shape index (κ3) is 8.24. The van der Waals surface area contributed by atoms with Crippen molar-refractivity contribution in [2.24, 2.45) is 4.99 Å². The van der Waals surface area contributed by atoms with Gasteiger partial charge in [-0.2, -0.15) is 0 Å². The molecule has 0 saturated heterocycles. The zero-order chi connectivity index (χ0) is 16.2. The van der Waals surface area contributed by atoms with Crippen molar-refractivity contribution in [3.8, 4) is 0 Å². The van der Waals surface area contributed by atoms with Crippen molar-refractivity contribution in [3.05, 3.63) is 54.9 Å². The van der Waals surface area contributed by atoms with Crippen LogP contribution in [-0.4, -0.2) is 36.7 Å². The molecule has 0 atom stereocenters. The molecule has 0 aliphatic heterocycles. The molecule has 3 N–H and O–H groups in total. The summed E-state index contributed by atoms with van der Waals surface area (Å²) < 4.78 is 2.15. The van der Waals surface area contributed by atoms with Gasteiger partial charge in [-0.15, -0.1) is 24.0 Å². The Hall–Kier alpha value is -1.70. The predicted octanol–water partition coefficient (Wildman–Crippen LogP) is 3.16. The van der Waals surface area contributed by atoms with Crippen LogP contribution in [0.15, 0.2) is 59.9 Å². The number of aromatic nitrogens is 1. The molecule has 1 aromatic carbocycles. The molecule has 6 heteroatoms. The number of anilines is 1. The molecular weight excluding hydrogens is 413 g/mol. The summed E-state index contributed by atoms with van der Waals surface area (Å²) in [7, 11) is 0. The quantitative estimate of drug-likeness (QED) is 0.243. The Labute approximate surface area is 162 Å². The van der Waals surface area contributed by atoms with E-state index in [1.165, 1.54) is 0 Å². The second-order valence-electron chi connectivity index (χ2n) is 5.25. The normalized spacial score (nSPS) is 10.8. The number of hydrogen-bond donors (Lipinski definition) is 3. The van der Waals surface area contributed by atoms with Gasteiger partial charge in [0.25, 0.3) is 0 Å². The summed E-state index contributed by atoms with van der Waals surface area (Å²) in [5.74, 6) is 0.888. The fraction of sp³-hybridized carbons (Fsp3) is 0.389. The summed E-state index contributed by atoms with van der Waals surface area (Å²) in [5, 5.41) is 10.0. The Morgan fingerprint density at radius 1 is 1.00 bits per heavy atom. The van der Waals surface area contributed by atoms with E-state index in [1.54, 1.807) is 0 Å². The Morgan fingerprint density at radius 3 is 2.46 bits per heavy atom. The van der Waals surface area contributed by atoms with E-state index in [1.807, 2.05) is 30.3 Å². The highest BCUT2D eigenvalue weighted by molar-refractivity contribution is 14.0. The fourth-order valence-corrected chi connectivity index (χ4v) is 2.22. The highest BCUT2D eigenvalue weighted by atomic mass is 127. The Bertz CT molecular complexity index is 554. The number of benzene rings is 1. The third-order valence-corrected chi connectivity index (χ3v) is 3.38. The van der Waals surface area contributed by atoms with Crippen molar-refractivity contribution >= 4 is 35.6 Å². The van der Waals surface area contributed by atoms with Crippen LogP contribution >= 0.6 is 24.0 Å². The molecule has 0 fully saturated rings. The van der Waals surface area contributed by atoms with Crippen LogP contribution in [-0.2, 0) is 6.54 Å². The van der Waals surface area contributed by atoms with Gasteiger partial charge in [-0.1, -0.05) is 18.2 Å². The van der Waals surface area contributed by atoms with Gasteiger partial charge < -0.3 is 20.5 Å². The molecule has 0 spiro atoms. The van der Waals surface area contributed by atoms with E-state index in [0.717, 1.165) is 50.8 Å². The lowest BCUT2D eigenvalue weighted by molar-refractivity contribution is 0.665. The standard InChI is InChI=1S/C18H27N5.HI/c1-2-19-18(22-13-16-23-14-6-7-15-23)21-12-8-11-20-17-9-4-3-5-10-17;/h3-7,9-10,14-15,20H,2,8,11-13,16H2,1H3,(H2,19,21,22);1H. The number of hydrogen-bond acceptors (Lipinski definition) is 2. The predicted molar refractivity (Wildman–Crippen MR) is 113 cm³/mol. The monoisotopic (exact) mass is 441 g/mol. The summed E-state index contributed by atoms with van der Waals surface area (Å²) >= 11 is 0. The smallest absolute Gasteiger partial charge is 0.191 e. The number of nitrogens with one attached hydrogen (secondary N) is 3. The van der Waals surface area contributed by atoms with E-state index in [2.05, 4.69) is 57.0 Å². The van der Waals surface area contributed by atoms with Crippen LogP contribution < -0.4 is 16.0 Å². The molecule has 0 aliphatic carbocycles. The minimum Gasteiger partial charge on any atom is -0.385 e. The lowest BCUT2D eigenvalue weighted by Gasteiger charge is -2.12. The SMILES string of the molecule is CCNC(=NCCCNc1ccccc1)NCCn1cccc1.I. The summed E-state index contributed by atoms with van der Waals surface area (Å²) in [6.45, 7) is 6.49. The van der Waals surface area contributed by atoms with Crippen molar-refractivity contribution in [3.63, 3.8) is 0 Å². The third-order valence-electron chi connectivity index (χ3n) is 3.38. The van der Waals surface area contributed by atoms with Crippen LogP contribution in [0, 0.1) is 0 Å². The Morgan fingerprint density at radius 2 is 1.75 bits per heavy atom. The van der Waals surface area contributed by atoms with Crippen molar-refractivity contribution in [2.75, 3.05) is 31.5 Å². The highest BCUT2D eigenvalue weighted by Crippen LogP contribution is 2.04. The second-order valence-corrected chi connectivity index (χ2v) is 5.25. The largest absolute Gasteiger partial charge is 0.385 e. The summed E-state index contributed by atoms with van der Waals surface area (Å²) in [6, 6.07) is 14.3. The van der Waals surface area contributed by atoms with E-state index < -0.39 is 0 Å². The number of aliphatic imine (C=N–C) groups is 1. The average molecular weight is 441 g/mol. The maximum absolute atomic E-state index is 4.61. The molecule has 0 aliphatic rings. The van der Waals surface area contributed by atoms with E-state index in [9.17, 15) is 0 Å². The highest BCUT2D eigenvalue weighted by Gasteiger charge is 1.97. The van der Waals surface area contributed by atoms with Crippen LogP contribution in [0.4, 0.5) is 5.69 Å². The van der Waals surface area contributed by atoms with Gasteiger partial charge in [0.15, 0.2) is 5.96 Å². The maximum atomic E-state index is 4.61.